The first-order valence-corrected chi connectivity index (χ1v) is 10.4. The van der Waals surface area contributed by atoms with Crippen LogP contribution in [0.4, 0.5) is 0 Å². The summed E-state index contributed by atoms with van der Waals surface area (Å²) in [4.78, 5) is 29.1. The quantitative estimate of drug-likeness (QED) is 0.557. The Morgan fingerprint density at radius 3 is 2.62 bits per heavy atom. The van der Waals surface area contributed by atoms with Gasteiger partial charge in [-0.05, 0) is 60.9 Å². The second-order valence-corrected chi connectivity index (χ2v) is 8.41. The number of carbonyl (C=O) groups excluding carboxylic acids is 2. The van der Waals surface area contributed by atoms with E-state index in [1.165, 1.54) is 0 Å². The molecule has 164 valence electrons. The van der Waals surface area contributed by atoms with Gasteiger partial charge in [-0.15, -0.1) is 0 Å². The molecule has 7 heteroatoms. The van der Waals surface area contributed by atoms with Gasteiger partial charge in [0, 0.05) is 36.0 Å². The lowest BCUT2D eigenvalue weighted by Gasteiger charge is -2.20. The molecule has 0 saturated heterocycles. The molecule has 1 aromatic heterocycles. The first kappa shape index (κ1) is 21.5. The third kappa shape index (κ3) is 4.95. The summed E-state index contributed by atoms with van der Waals surface area (Å²) >= 11 is 0. The molecule has 2 amide bonds. The molecular weight excluding hydrogens is 406 g/mol. The van der Waals surface area contributed by atoms with Crippen LogP contribution in [0.15, 0.2) is 60.9 Å². The molecule has 0 aliphatic carbocycles. The number of nitrogens with one attached hydrogen (secondary N) is 2. The van der Waals surface area contributed by atoms with Crippen molar-refractivity contribution in [1.29, 1.82) is 0 Å². The monoisotopic (exact) mass is 431 g/mol. The molecule has 0 atom stereocenters. The summed E-state index contributed by atoms with van der Waals surface area (Å²) in [6.07, 6.45) is 3.41. The van der Waals surface area contributed by atoms with Crippen LogP contribution >= 0.6 is 0 Å². The van der Waals surface area contributed by atoms with Crippen LogP contribution in [0, 0.1) is 0 Å². The van der Waals surface area contributed by atoms with Gasteiger partial charge in [0.2, 0.25) is 0 Å². The van der Waals surface area contributed by atoms with Gasteiger partial charge in [0.1, 0.15) is 12.4 Å². The smallest absolute Gasteiger partial charge is 0.251 e. The lowest BCUT2D eigenvalue weighted by atomic mass is 9.96. The highest BCUT2D eigenvalue weighted by atomic mass is 16.5. The number of rotatable bonds is 6. The van der Waals surface area contributed by atoms with Gasteiger partial charge in [-0.1, -0.05) is 18.2 Å². The van der Waals surface area contributed by atoms with Crippen molar-refractivity contribution in [2.45, 2.75) is 32.6 Å². The standard InChI is InChI=1S/C25H25N3O4/c1-25(2,31)15-28-24(30)17-5-3-4-16(10-17)12-27-23(29)18-6-7-20-19(11-18)14-32-22-13-26-9-8-21(20)22/h3-11,13,31H,12,14-15H2,1-2H3,(H,27,29)(H,28,30). The van der Waals surface area contributed by atoms with Gasteiger partial charge in [0.25, 0.3) is 11.8 Å². The van der Waals surface area contributed by atoms with E-state index in [0.29, 0.717) is 17.7 Å². The number of nitrogens with zero attached hydrogens (tertiary/aromatic N) is 1. The molecular formula is C25H25N3O4. The van der Waals surface area contributed by atoms with Crippen molar-refractivity contribution in [3.05, 3.63) is 83.2 Å². The van der Waals surface area contributed by atoms with Crippen LogP contribution in [0.25, 0.3) is 11.1 Å². The fourth-order valence-corrected chi connectivity index (χ4v) is 3.50. The van der Waals surface area contributed by atoms with Crippen molar-refractivity contribution in [1.82, 2.24) is 15.6 Å². The molecule has 0 unspecified atom stereocenters. The van der Waals surface area contributed by atoms with Gasteiger partial charge < -0.3 is 20.5 Å². The van der Waals surface area contributed by atoms with E-state index in [1.54, 1.807) is 50.5 Å². The van der Waals surface area contributed by atoms with Gasteiger partial charge in [-0.2, -0.15) is 0 Å². The Kier molecular flexibility index (Phi) is 5.92. The first-order valence-electron chi connectivity index (χ1n) is 10.4. The van der Waals surface area contributed by atoms with E-state index in [1.807, 2.05) is 24.3 Å². The van der Waals surface area contributed by atoms with Gasteiger partial charge >= 0.3 is 0 Å². The van der Waals surface area contributed by atoms with Crippen molar-refractivity contribution in [3.63, 3.8) is 0 Å². The van der Waals surface area contributed by atoms with E-state index in [-0.39, 0.29) is 24.9 Å². The fourth-order valence-electron chi connectivity index (χ4n) is 3.50. The Morgan fingerprint density at radius 1 is 1.03 bits per heavy atom. The molecule has 32 heavy (non-hydrogen) atoms. The minimum absolute atomic E-state index is 0.149. The van der Waals surface area contributed by atoms with E-state index in [9.17, 15) is 14.7 Å². The number of benzene rings is 2. The van der Waals surface area contributed by atoms with Crippen molar-refractivity contribution in [2.24, 2.45) is 0 Å². The number of hydrogen-bond donors (Lipinski definition) is 3. The Balaban J connectivity index is 1.41. The minimum atomic E-state index is -0.986. The van der Waals surface area contributed by atoms with E-state index in [0.717, 1.165) is 28.0 Å². The van der Waals surface area contributed by atoms with Crippen molar-refractivity contribution in [3.8, 4) is 16.9 Å². The normalized spacial score (nSPS) is 12.2. The number of aliphatic hydroxyl groups is 1. The van der Waals surface area contributed by atoms with E-state index in [2.05, 4.69) is 15.6 Å². The van der Waals surface area contributed by atoms with E-state index < -0.39 is 5.60 Å². The lowest BCUT2D eigenvalue weighted by molar-refractivity contribution is 0.0694. The zero-order valence-corrected chi connectivity index (χ0v) is 18.0. The largest absolute Gasteiger partial charge is 0.487 e. The highest BCUT2D eigenvalue weighted by Gasteiger charge is 2.19. The SMILES string of the molecule is CC(C)(O)CNC(=O)c1cccc(CNC(=O)c2ccc3c(c2)COc2cnccc2-3)c1. The van der Waals surface area contributed by atoms with Crippen LogP contribution in [-0.4, -0.2) is 34.1 Å². The van der Waals surface area contributed by atoms with Crippen molar-refractivity contribution < 1.29 is 19.4 Å². The maximum absolute atomic E-state index is 12.7. The Labute approximate surface area is 186 Å². The molecule has 7 nitrogen and oxygen atoms in total. The highest BCUT2D eigenvalue weighted by molar-refractivity contribution is 5.96. The molecule has 0 spiro atoms. The fraction of sp³-hybridized carbons (Fsp3) is 0.240. The van der Waals surface area contributed by atoms with Crippen LogP contribution in [0.1, 0.15) is 45.7 Å². The number of fused-ring (bicyclic) bond motifs is 3. The summed E-state index contributed by atoms with van der Waals surface area (Å²) in [7, 11) is 0. The highest BCUT2D eigenvalue weighted by Crippen LogP contribution is 2.36. The summed E-state index contributed by atoms with van der Waals surface area (Å²) in [5.41, 5.74) is 3.78. The second-order valence-electron chi connectivity index (χ2n) is 8.41. The maximum atomic E-state index is 12.7. The van der Waals surface area contributed by atoms with Gasteiger partial charge in [0.05, 0.1) is 11.8 Å². The van der Waals surface area contributed by atoms with E-state index >= 15 is 0 Å². The third-order valence-electron chi connectivity index (χ3n) is 5.15. The molecule has 1 aliphatic heterocycles. The average Bonchev–Trinajstić information content (AvgIpc) is 2.80. The summed E-state index contributed by atoms with van der Waals surface area (Å²) in [5.74, 6) is 0.263. The molecule has 0 saturated carbocycles. The topological polar surface area (TPSA) is 101 Å². The molecule has 2 heterocycles. The Bertz CT molecular complexity index is 1170. The predicted octanol–water partition coefficient (Wildman–Crippen LogP) is 3.07. The predicted molar refractivity (Wildman–Crippen MR) is 120 cm³/mol. The maximum Gasteiger partial charge on any atom is 0.251 e. The number of hydrogen-bond acceptors (Lipinski definition) is 5. The Hall–Kier alpha value is -3.71. The number of pyridine rings is 1. The van der Waals surface area contributed by atoms with Gasteiger partial charge in [-0.25, -0.2) is 0 Å². The second kappa shape index (κ2) is 8.80. The molecule has 1 aliphatic rings. The number of ether oxygens (including phenoxy) is 1. The summed E-state index contributed by atoms with van der Waals surface area (Å²) < 4.78 is 5.74. The third-order valence-corrected chi connectivity index (χ3v) is 5.15. The van der Waals surface area contributed by atoms with Crippen molar-refractivity contribution >= 4 is 11.8 Å². The van der Waals surface area contributed by atoms with Crippen LogP contribution in [0.2, 0.25) is 0 Å². The molecule has 0 bridgehead atoms. The molecule has 2 aromatic carbocycles. The van der Waals surface area contributed by atoms with Crippen molar-refractivity contribution in [2.75, 3.05) is 6.54 Å². The van der Waals surface area contributed by atoms with Crippen LogP contribution in [-0.2, 0) is 13.2 Å². The molecule has 3 N–H and O–H groups in total. The van der Waals surface area contributed by atoms with Crippen LogP contribution in [0.3, 0.4) is 0 Å². The molecule has 0 radical (unpaired) electrons. The number of aromatic nitrogens is 1. The molecule has 4 rings (SSSR count). The first-order chi connectivity index (χ1) is 15.3. The zero-order chi connectivity index (χ0) is 22.7. The lowest BCUT2D eigenvalue weighted by Crippen LogP contribution is -2.38. The average molecular weight is 431 g/mol. The summed E-state index contributed by atoms with van der Waals surface area (Å²) in [6.45, 7) is 4.07. The molecule has 0 fully saturated rings. The minimum Gasteiger partial charge on any atom is -0.487 e. The number of carbonyl (C=O) groups is 2. The zero-order valence-electron chi connectivity index (χ0n) is 18.0. The van der Waals surface area contributed by atoms with E-state index in [4.69, 9.17) is 4.74 Å². The van der Waals surface area contributed by atoms with Gasteiger partial charge in [-0.3, -0.25) is 14.6 Å². The van der Waals surface area contributed by atoms with Crippen LogP contribution < -0.4 is 15.4 Å². The Morgan fingerprint density at radius 2 is 1.81 bits per heavy atom. The molecule has 3 aromatic rings. The van der Waals surface area contributed by atoms with Gasteiger partial charge in [0.15, 0.2) is 0 Å². The summed E-state index contributed by atoms with van der Waals surface area (Å²) in [6, 6.07) is 14.5. The van der Waals surface area contributed by atoms with Crippen LogP contribution in [0.5, 0.6) is 5.75 Å². The summed E-state index contributed by atoms with van der Waals surface area (Å²) in [5, 5.41) is 15.4. The number of amides is 2.